The molecule has 3 N–H and O–H groups in total. The first kappa shape index (κ1) is 10.7. The second-order valence-electron chi connectivity index (χ2n) is 5.64. The molecule has 0 fully saturated rings. The summed E-state index contributed by atoms with van der Waals surface area (Å²) in [5.41, 5.74) is 9.86. The molecule has 1 aliphatic carbocycles. The minimum absolute atomic E-state index is 0.390. The fourth-order valence-corrected chi connectivity index (χ4v) is 2.47. The standard InChI is InChI=1S/C12H21N3/c1-12(2,3)8-4-5-10-9(6-8)11(7-13)15-14-10/h8H,4-7,13H2,1-3H3,(H,14,15)/t8-/m1/s1. The van der Waals surface area contributed by atoms with Crippen LogP contribution in [0.3, 0.4) is 0 Å². The Morgan fingerprint density at radius 2 is 2.20 bits per heavy atom. The van der Waals surface area contributed by atoms with E-state index in [1.807, 2.05) is 0 Å². The van der Waals surface area contributed by atoms with Crippen LogP contribution in [0.15, 0.2) is 0 Å². The molecule has 0 amide bonds. The average Bonchev–Trinajstić information content (AvgIpc) is 2.57. The second-order valence-corrected chi connectivity index (χ2v) is 5.64. The number of aromatic amines is 1. The van der Waals surface area contributed by atoms with Crippen molar-refractivity contribution in [3.63, 3.8) is 0 Å². The van der Waals surface area contributed by atoms with Gasteiger partial charge in [0, 0.05) is 12.2 Å². The van der Waals surface area contributed by atoms with Gasteiger partial charge in [-0.25, -0.2) is 0 Å². The van der Waals surface area contributed by atoms with Gasteiger partial charge in [-0.05, 0) is 36.2 Å². The van der Waals surface area contributed by atoms with Crippen molar-refractivity contribution >= 4 is 0 Å². The van der Waals surface area contributed by atoms with Crippen molar-refractivity contribution < 1.29 is 0 Å². The van der Waals surface area contributed by atoms with E-state index in [0.717, 1.165) is 24.5 Å². The van der Waals surface area contributed by atoms with Gasteiger partial charge in [-0.3, -0.25) is 5.10 Å². The normalized spacial score (nSPS) is 21.5. The molecule has 84 valence electrons. The zero-order valence-electron chi connectivity index (χ0n) is 9.93. The van der Waals surface area contributed by atoms with Crippen molar-refractivity contribution in [1.82, 2.24) is 10.2 Å². The Bertz CT molecular complexity index is 333. The lowest BCUT2D eigenvalue weighted by Gasteiger charge is -2.33. The lowest BCUT2D eigenvalue weighted by atomic mass is 9.71. The quantitative estimate of drug-likeness (QED) is 0.740. The molecule has 1 heterocycles. The van der Waals surface area contributed by atoms with Crippen molar-refractivity contribution in [2.24, 2.45) is 17.1 Å². The van der Waals surface area contributed by atoms with Crippen LogP contribution in [0.4, 0.5) is 0 Å². The highest BCUT2D eigenvalue weighted by Crippen LogP contribution is 2.37. The maximum Gasteiger partial charge on any atom is 0.0792 e. The maximum atomic E-state index is 5.69. The number of H-pyrrole nitrogens is 1. The molecule has 0 bridgehead atoms. The van der Waals surface area contributed by atoms with E-state index in [0.29, 0.717) is 12.0 Å². The Kier molecular flexibility index (Phi) is 2.59. The minimum atomic E-state index is 0.390. The molecule has 3 nitrogen and oxygen atoms in total. The van der Waals surface area contributed by atoms with E-state index in [-0.39, 0.29) is 0 Å². The Balaban J connectivity index is 2.25. The number of hydrogen-bond acceptors (Lipinski definition) is 2. The maximum absolute atomic E-state index is 5.69. The molecule has 2 rings (SSSR count). The zero-order chi connectivity index (χ0) is 11.1. The van der Waals surface area contributed by atoms with Crippen molar-refractivity contribution in [2.45, 2.75) is 46.6 Å². The van der Waals surface area contributed by atoms with Gasteiger partial charge in [-0.15, -0.1) is 0 Å². The molecule has 1 aliphatic rings. The number of aromatic nitrogens is 2. The number of hydrogen-bond donors (Lipinski definition) is 2. The predicted molar refractivity (Wildman–Crippen MR) is 61.4 cm³/mol. The lowest BCUT2D eigenvalue weighted by molar-refractivity contribution is 0.215. The van der Waals surface area contributed by atoms with Crippen LogP contribution in [-0.2, 0) is 19.4 Å². The van der Waals surface area contributed by atoms with Crippen LogP contribution >= 0.6 is 0 Å². The Hall–Kier alpha value is -0.830. The van der Waals surface area contributed by atoms with Crippen LogP contribution < -0.4 is 5.73 Å². The van der Waals surface area contributed by atoms with Gasteiger partial charge < -0.3 is 5.73 Å². The molecular formula is C12H21N3. The average molecular weight is 207 g/mol. The summed E-state index contributed by atoms with van der Waals surface area (Å²) in [6.07, 6.45) is 3.54. The van der Waals surface area contributed by atoms with E-state index < -0.39 is 0 Å². The van der Waals surface area contributed by atoms with Crippen LogP contribution in [0.1, 0.15) is 44.1 Å². The summed E-state index contributed by atoms with van der Waals surface area (Å²) < 4.78 is 0. The van der Waals surface area contributed by atoms with Gasteiger partial charge >= 0.3 is 0 Å². The summed E-state index contributed by atoms with van der Waals surface area (Å²) in [5.74, 6) is 0.757. The van der Waals surface area contributed by atoms with E-state index in [9.17, 15) is 0 Å². The van der Waals surface area contributed by atoms with Crippen molar-refractivity contribution in [2.75, 3.05) is 0 Å². The van der Waals surface area contributed by atoms with Gasteiger partial charge in [0.05, 0.1) is 5.69 Å². The van der Waals surface area contributed by atoms with Gasteiger partial charge in [0.1, 0.15) is 0 Å². The number of aryl methyl sites for hydroxylation is 1. The SMILES string of the molecule is CC(C)(C)[C@@H]1CCc2[nH]nc(CN)c2C1. The molecule has 0 radical (unpaired) electrons. The number of fused-ring (bicyclic) bond motifs is 1. The molecule has 15 heavy (non-hydrogen) atoms. The van der Waals surface area contributed by atoms with Crippen LogP contribution in [0.2, 0.25) is 0 Å². The van der Waals surface area contributed by atoms with Crippen molar-refractivity contribution in [3.8, 4) is 0 Å². The highest BCUT2D eigenvalue weighted by molar-refractivity contribution is 5.28. The third kappa shape index (κ3) is 1.93. The molecule has 0 aliphatic heterocycles. The molecule has 1 aromatic rings. The monoisotopic (exact) mass is 207 g/mol. The van der Waals surface area contributed by atoms with Crippen LogP contribution in [0, 0.1) is 11.3 Å². The summed E-state index contributed by atoms with van der Waals surface area (Å²) in [6, 6.07) is 0. The first-order valence-electron chi connectivity index (χ1n) is 5.77. The van der Waals surface area contributed by atoms with E-state index in [4.69, 9.17) is 5.73 Å². The summed E-state index contributed by atoms with van der Waals surface area (Å²) in [5, 5.41) is 7.40. The Morgan fingerprint density at radius 1 is 1.47 bits per heavy atom. The van der Waals surface area contributed by atoms with E-state index >= 15 is 0 Å². The largest absolute Gasteiger partial charge is 0.325 e. The highest BCUT2D eigenvalue weighted by atomic mass is 15.1. The number of nitrogens with zero attached hydrogens (tertiary/aromatic N) is 1. The number of rotatable bonds is 1. The molecule has 0 saturated carbocycles. The molecule has 0 spiro atoms. The fourth-order valence-electron chi connectivity index (χ4n) is 2.47. The molecule has 0 unspecified atom stereocenters. The van der Waals surface area contributed by atoms with Crippen molar-refractivity contribution in [3.05, 3.63) is 17.0 Å². The molecule has 0 saturated heterocycles. The number of nitrogens with one attached hydrogen (secondary N) is 1. The van der Waals surface area contributed by atoms with Gasteiger partial charge in [-0.1, -0.05) is 20.8 Å². The minimum Gasteiger partial charge on any atom is -0.325 e. The lowest BCUT2D eigenvalue weighted by Crippen LogP contribution is -2.27. The smallest absolute Gasteiger partial charge is 0.0792 e. The van der Waals surface area contributed by atoms with Crippen LogP contribution in [0.5, 0.6) is 0 Å². The Labute approximate surface area is 91.4 Å². The van der Waals surface area contributed by atoms with E-state index in [2.05, 4.69) is 31.0 Å². The molecule has 3 heteroatoms. The third-order valence-corrected chi connectivity index (χ3v) is 3.65. The summed E-state index contributed by atoms with van der Waals surface area (Å²) in [7, 11) is 0. The topological polar surface area (TPSA) is 54.7 Å². The molecule has 1 atom stereocenters. The molecule has 1 aromatic heterocycles. The second kappa shape index (κ2) is 3.63. The van der Waals surface area contributed by atoms with Gasteiger partial charge in [-0.2, -0.15) is 5.10 Å². The Morgan fingerprint density at radius 3 is 2.80 bits per heavy atom. The van der Waals surface area contributed by atoms with E-state index in [1.54, 1.807) is 0 Å². The van der Waals surface area contributed by atoms with Gasteiger partial charge in [0.25, 0.3) is 0 Å². The van der Waals surface area contributed by atoms with Gasteiger partial charge in [0.15, 0.2) is 0 Å². The van der Waals surface area contributed by atoms with E-state index in [1.165, 1.54) is 17.7 Å². The third-order valence-electron chi connectivity index (χ3n) is 3.65. The summed E-state index contributed by atoms with van der Waals surface area (Å²) >= 11 is 0. The first-order valence-corrected chi connectivity index (χ1v) is 5.77. The predicted octanol–water partition coefficient (Wildman–Crippen LogP) is 2.02. The number of nitrogens with two attached hydrogens (primary N) is 1. The highest BCUT2D eigenvalue weighted by Gasteiger charge is 2.30. The summed E-state index contributed by atoms with van der Waals surface area (Å²) in [4.78, 5) is 0. The summed E-state index contributed by atoms with van der Waals surface area (Å²) in [6.45, 7) is 7.53. The first-order chi connectivity index (χ1) is 7.02. The fraction of sp³-hybridized carbons (Fsp3) is 0.750. The van der Waals surface area contributed by atoms with Crippen molar-refractivity contribution in [1.29, 1.82) is 0 Å². The molecule has 0 aromatic carbocycles. The van der Waals surface area contributed by atoms with Crippen LogP contribution in [-0.4, -0.2) is 10.2 Å². The van der Waals surface area contributed by atoms with Crippen LogP contribution in [0.25, 0.3) is 0 Å². The zero-order valence-corrected chi connectivity index (χ0v) is 9.93. The molecular weight excluding hydrogens is 186 g/mol. The van der Waals surface area contributed by atoms with Gasteiger partial charge in [0.2, 0.25) is 0 Å².